The van der Waals surface area contributed by atoms with Crippen molar-refractivity contribution >= 4 is 5.78 Å². The number of aryl methyl sites for hydroxylation is 2. The molecule has 17 heavy (non-hydrogen) atoms. The Hall–Kier alpha value is -1.35. The summed E-state index contributed by atoms with van der Waals surface area (Å²) >= 11 is 0. The normalized spacial score (nSPS) is 12.6. The first kappa shape index (κ1) is 13.7. The van der Waals surface area contributed by atoms with E-state index < -0.39 is 6.10 Å². The Balaban J connectivity index is 3.26. The van der Waals surface area contributed by atoms with Gasteiger partial charge in [-0.15, -0.1) is 0 Å². The summed E-state index contributed by atoms with van der Waals surface area (Å²) in [5.41, 5.74) is 2.36. The van der Waals surface area contributed by atoms with Gasteiger partial charge in [0.15, 0.2) is 5.78 Å². The van der Waals surface area contributed by atoms with Crippen LogP contribution in [0.5, 0.6) is 5.75 Å². The van der Waals surface area contributed by atoms with Crippen molar-refractivity contribution in [3.63, 3.8) is 0 Å². The van der Waals surface area contributed by atoms with Gasteiger partial charge >= 0.3 is 0 Å². The van der Waals surface area contributed by atoms with Crippen LogP contribution in [0.1, 0.15) is 35.3 Å². The van der Waals surface area contributed by atoms with E-state index in [1.165, 1.54) is 7.11 Å². The molecule has 0 bridgehead atoms. The number of Topliss-reactive ketones (excluding diaryl/α,β-unsaturated/α-hetero) is 1. The van der Waals surface area contributed by atoms with E-state index in [2.05, 4.69) is 0 Å². The predicted molar refractivity (Wildman–Crippen MR) is 67.6 cm³/mol. The molecule has 1 unspecified atom stereocenters. The van der Waals surface area contributed by atoms with Gasteiger partial charge in [-0.1, -0.05) is 19.9 Å². The van der Waals surface area contributed by atoms with Crippen LogP contribution in [-0.2, 0) is 0 Å². The molecule has 94 valence electrons. The molecule has 0 aliphatic carbocycles. The Labute approximate surface area is 102 Å². The van der Waals surface area contributed by atoms with Gasteiger partial charge in [-0.05, 0) is 37.0 Å². The molecule has 0 aliphatic rings. The van der Waals surface area contributed by atoms with E-state index in [9.17, 15) is 9.90 Å². The first-order valence-corrected chi connectivity index (χ1v) is 5.76. The van der Waals surface area contributed by atoms with E-state index in [4.69, 9.17) is 4.74 Å². The minimum Gasteiger partial charge on any atom is -0.496 e. The number of aliphatic hydroxyl groups is 1. The third-order valence-electron chi connectivity index (χ3n) is 2.81. The predicted octanol–water partition coefficient (Wildman–Crippen LogP) is 2.51. The van der Waals surface area contributed by atoms with Crippen LogP contribution >= 0.6 is 0 Å². The van der Waals surface area contributed by atoms with Crippen LogP contribution in [0.25, 0.3) is 0 Å². The molecule has 0 saturated heterocycles. The number of aliphatic hydroxyl groups excluding tert-OH is 1. The number of methoxy groups -OCH3 is 1. The molecule has 0 amide bonds. The van der Waals surface area contributed by atoms with Crippen molar-refractivity contribution in [3.8, 4) is 5.75 Å². The Kier molecular flexibility index (Phi) is 4.29. The smallest absolute Gasteiger partial charge is 0.195 e. The lowest BCUT2D eigenvalue weighted by molar-refractivity contribution is 0.0644. The van der Waals surface area contributed by atoms with Gasteiger partial charge in [0, 0.05) is 0 Å². The van der Waals surface area contributed by atoms with E-state index in [1.807, 2.05) is 39.8 Å². The van der Waals surface area contributed by atoms with E-state index >= 15 is 0 Å². The number of ketones is 1. The van der Waals surface area contributed by atoms with Gasteiger partial charge < -0.3 is 9.84 Å². The second-order valence-corrected chi connectivity index (χ2v) is 4.71. The van der Waals surface area contributed by atoms with Crippen molar-refractivity contribution in [3.05, 3.63) is 28.8 Å². The van der Waals surface area contributed by atoms with Gasteiger partial charge in [0.25, 0.3) is 0 Å². The lowest BCUT2D eigenvalue weighted by Crippen LogP contribution is -2.27. The summed E-state index contributed by atoms with van der Waals surface area (Å²) in [5, 5.41) is 9.86. The molecule has 0 radical (unpaired) electrons. The zero-order valence-corrected chi connectivity index (χ0v) is 11.1. The molecular weight excluding hydrogens is 216 g/mol. The highest BCUT2D eigenvalue weighted by molar-refractivity contribution is 6.03. The van der Waals surface area contributed by atoms with Crippen molar-refractivity contribution in [1.29, 1.82) is 0 Å². The number of carbonyl (C=O) groups excluding carboxylic acids is 1. The number of ether oxygens (including phenoxy) is 1. The van der Waals surface area contributed by atoms with Crippen LogP contribution in [0.15, 0.2) is 12.1 Å². The van der Waals surface area contributed by atoms with Gasteiger partial charge in [0.05, 0.1) is 12.7 Å². The summed E-state index contributed by atoms with van der Waals surface area (Å²) in [5.74, 6) is 0.162. The van der Waals surface area contributed by atoms with Crippen LogP contribution in [0.4, 0.5) is 0 Å². The molecule has 0 aliphatic heterocycles. The molecule has 1 aromatic carbocycles. The van der Waals surface area contributed by atoms with Gasteiger partial charge in [0.1, 0.15) is 11.9 Å². The fourth-order valence-electron chi connectivity index (χ4n) is 1.86. The van der Waals surface area contributed by atoms with Crippen LogP contribution in [0, 0.1) is 19.8 Å². The second-order valence-electron chi connectivity index (χ2n) is 4.71. The molecule has 1 atom stereocenters. The molecule has 0 spiro atoms. The summed E-state index contributed by atoms with van der Waals surface area (Å²) in [6.45, 7) is 7.44. The quantitative estimate of drug-likeness (QED) is 0.817. The summed E-state index contributed by atoms with van der Waals surface area (Å²) in [6.07, 6.45) is -0.981. The summed E-state index contributed by atoms with van der Waals surface area (Å²) in [7, 11) is 1.53. The third-order valence-corrected chi connectivity index (χ3v) is 2.81. The average molecular weight is 236 g/mol. The lowest BCUT2D eigenvalue weighted by atomic mass is 9.93. The van der Waals surface area contributed by atoms with E-state index in [1.54, 1.807) is 0 Å². The largest absolute Gasteiger partial charge is 0.496 e. The summed E-state index contributed by atoms with van der Waals surface area (Å²) < 4.78 is 5.23. The first-order chi connectivity index (χ1) is 7.88. The minimum atomic E-state index is -0.981. The number of rotatable bonds is 4. The summed E-state index contributed by atoms with van der Waals surface area (Å²) in [4.78, 5) is 12.2. The van der Waals surface area contributed by atoms with E-state index in [0.29, 0.717) is 11.3 Å². The number of hydrogen-bond acceptors (Lipinski definition) is 3. The van der Waals surface area contributed by atoms with Gasteiger partial charge in [-0.3, -0.25) is 4.79 Å². The van der Waals surface area contributed by atoms with Crippen molar-refractivity contribution in [2.45, 2.75) is 33.8 Å². The zero-order valence-electron chi connectivity index (χ0n) is 11.1. The van der Waals surface area contributed by atoms with Crippen LogP contribution in [0.3, 0.4) is 0 Å². The van der Waals surface area contributed by atoms with Crippen molar-refractivity contribution in [1.82, 2.24) is 0 Å². The highest BCUT2D eigenvalue weighted by Crippen LogP contribution is 2.26. The third kappa shape index (κ3) is 2.86. The maximum atomic E-state index is 12.2. The van der Waals surface area contributed by atoms with Gasteiger partial charge in [-0.2, -0.15) is 0 Å². The molecular formula is C14H20O3. The molecule has 1 rings (SSSR count). The van der Waals surface area contributed by atoms with Crippen LogP contribution < -0.4 is 4.74 Å². The molecule has 1 aromatic rings. The monoisotopic (exact) mass is 236 g/mol. The second kappa shape index (κ2) is 5.32. The van der Waals surface area contributed by atoms with Crippen molar-refractivity contribution in [2.75, 3.05) is 7.11 Å². The molecule has 3 heteroatoms. The van der Waals surface area contributed by atoms with E-state index in [0.717, 1.165) is 11.1 Å². The standard InChI is InChI=1S/C14H20O3/c1-8(2)13(15)14(16)12-10(4)6-9(3)7-11(12)17-5/h6-8,13,15H,1-5H3. The van der Waals surface area contributed by atoms with Gasteiger partial charge in [0.2, 0.25) is 0 Å². The molecule has 0 aromatic heterocycles. The highest BCUT2D eigenvalue weighted by Gasteiger charge is 2.25. The fourth-order valence-corrected chi connectivity index (χ4v) is 1.86. The van der Waals surface area contributed by atoms with Gasteiger partial charge in [-0.25, -0.2) is 0 Å². The van der Waals surface area contributed by atoms with E-state index in [-0.39, 0.29) is 11.7 Å². The fraction of sp³-hybridized carbons (Fsp3) is 0.500. The first-order valence-electron chi connectivity index (χ1n) is 5.76. The molecule has 0 fully saturated rings. The highest BCUT2D eigenvalue weighted by atomic mass is 16.5. The zero-order chi connectivity index (χ0) is 13.2. The Bertz CT molecular complexity index is 422. The number of hydrogen-bond donors (Lipinski definition) is 1. The molecule has 0 heterocycles. The molecule has 0 saturated carbocycles. The van der Waals surface area contributed by atoms with Crippen molar-refractivity contribution in [2.24, 2.45) is 5.92 Å². The molecule has 1 N–H and O–H groups in total. The SMILES string of the molecule is COc1cc(C)cc(C)c1C(=O)C(O)C(C)C. The maximum Gasteiger partial charge on any atom is 0.195 e. The summed E-state index contributed by atoms with van der Waals surface area (Å²) in [6, 6.07) is 3.73. The Morgan fingerprint density at radius 1 is 1.29 bits per heavy atom. The van der Waals surface area contributed by atoms with Crippen molar-refractivity contribution < 1.29 is 14.6 Å². The molecule has 3 nitrogen and oxygen atoms in total. The maximum absolute atomic E-state index is 12.2. The van der Waals surface area contributed by atoms with Crippen LogP contribution in [-0.4, -0.2) is 24.1 Å². The Morgan fingerprint density at radius 3 is 2.35 bits per heavy atom. The Morgan fingerprint density at radius 2 is 1.88 bits per heavy atom. The van der Waals surface area contributed by atoms with Crippen LogP contribution in [0.2, 0.25) is 0 Å². The average Bonchev–Trinajstić information content (AvgIpc) is 2.25. The lowest BCUT2D eigenvalue weighted by Gasteiger charge is -2.17. The topological polar surface area (TPSA) is 46.5 Å². The number of carbonyl (C=O) groups is 1. The minimum absolute atomic E-state index is 0.104. The number of benzene rings is 1.